The normalized spacial score (nSPS) is 16.2. The number of amides is 1. The van der Waals surface area contributed by atoms with Gasteiger partial charge in [-0.3, -0.25) is 14.5 Å². The van der Waals surface area contributed by atoms with Crippen LogP contribution in [0.2, 0.25) is 0 Å². The van der Waals surface area contributed by atoms with Crippen LogP contribution >= 0.6 is 11.3 Å². The molecule has 0 saturated carbocycles. The van der Waals surface area contributed by atoms with Crippen LogP contribution in [0.5, 0.6) is 5.75 Å². The summed E-state index contributed by atoms with van der Waals surface area (Å²) in [6, 6.07) is 9.49. The summed E-state index contributed by atoms with van der Waals surface area (Å²) in [5.74, 6) is -2.28. The topological polar surface area (TPSA) is 123 Å². The first kappa shape index (κ1) is 28.5. The lowest BCUT2D eigenvalue weighted by molar-refractivity contribution is -0.132. The summed E-state index contributed by atoms with van der Waals surface area (Å²) in [7, 11) is 0. The third-order valence-corrected chi connectivity index (χ3v) is 7.96. The number of carbonyl (C=O) groups excluding carboxylic acids is 3. The Labute approximate surface area is 245 Å². The summed E-state index contributed by atoms with van der Waals surface area (Å²) < 4.78 is 12.6. The number of aromatic nitrogens is 3. The number of esters is 1. The quantitative estimate of drug-likeness (QED) is 0.0931. The van der Waals surface area contributed by atoms with E-state index in [1.54, 1.807) is 44.2 Å². The Kier molecular flexibility index (Phi) is 7.77. The van der Waals surface area contributed by atoms with E-state index in [9.17, 15) is 19.5 Å². The van der Waals surface area contributed by atoms with Crippen molar-refractivity contribution in [3.8, 4) is 5.75 Å². The third-order valence-electron chi connectivity index (χ3n) is 6.83. The molecule has 0 radical (unpaired) electrons. The molecule has 1 aliphatic heterocycles. The minimum Gasteiger partial charge on any atom is -0.505 e. The molecule has 1 saturated heterocycles. The first-order valence-electron chi connectivity index (χ1n) is 13.0. The number of hydrogen-bond acceptors (Lipinski definition) is 9. The van der Waals surface area contributed by atoms with Gasteiger partial charge in [0.1, 0.15) is 35.2 Å². The molecule has 1 N–H and O–H groups in total. The van der Waals surface area contributed by atoms with Crippen molar-refractivity contribution in [1.82, 2.24) is 14.4 Å². The fourth-order valence-corrected chi connectivity index (χ4v) is 5.78. The Hall–Kier alpha value is -5.03. The van der Waals surface area contributed by atoms with Gasteiger partial charge in [0.15, 0.2) is 10.9 Å². The maximum atomic E-state index is 13.7. The number of aryl methyl sites for hydroxylation is 3. The minimum absolute atomic E-state index is 0.00807. The lowest BCUT2D eigenvalue weighted by Gasteiger charge is -2.23. The number of carbonyl (C=O) groups is 3. The molecule has 214 valence electrons. The molecule has 10 nitrogen and oxygen atoms in total. The number of hydrogen-bond donors (Lipinski definition) is 1. The second kappa shape index (κ2) is 11.5. The van der Waals surface area contributed by atoms with Crippen LogP contribution in [-0.4, -0.2) is 50.3 Å². The number of imidazole rings is 1. The fourth-order valence-electron chi connectivity index (χ4n) is 4.80. The summed E-state index contributed by atoms with van der Waals surface area (Å²) in [5, 5.41) is 11.8. The van der Waals surface area contributed by atoms with E-state index in [0.29, 0.717) is 35.0 Å². The number of thiazole rings is 1. The van der Waals surface area contributed by atoms with E-state index >= 15 is 0 Å². The molecule has 1 fully saturated rings. The van der Waals surface area contributed by atoms with Crippen molar-refractivity contribution in [2.75, 3.05) is 18.1 Å². The number of rotatable bonds is 9. The maximum Gasteiger partial charge on any atom is 0.350 e. The first-order chi connectivity index (χ1) is 20.2. The van der Waals surface area contributed by atoms with Crippen LogP contribution in [0.1, 0.15) is 43.9 Å². The largest absolute Gasteiger partial charge is 0.505 e. The standard InChI is InChI=1S/C31H28N4O6S/c1-6-15-40-21-12-10-20(11-13-21)24-22(25(36)23-19(5)34-14-8-9-17(3)28(34)33-23)26(37)29(38)35(24)31-32-18(4)27(42-31)30(39)41-16-7-2/h6-14,24,36H,1-2,15-16H2,3-5H3. The molecule has 1 amide bonds. The van der Waals surface area contributed by atoms with E-state index in [1.165, 1.54) is 11.0 Å². The molecule has 11 heteroatoms. The summed E-state index contributed by atoms with van der Waals surface area (Å²) in [6.07, 6.45) is 4.87. The Bertz CT molecular complexity index is 1780. The van der Waals surface area contributed by atoms with E-state index in [2.05, 4.69) is 23.1 Å². The van der Waals surface area contributed by atoms with Gasteiger partial charge in [-0.05, 0) is 50.1 Å². The molecule has 5 rings (SSSR count). The van der Waals surface area contributed by atoms with Crippen LogP contribution in [0.4, 0.5) is 5.13 Å². The van der Waals surface area contributed by atoms with Crippen molar-refractivity contribution < 1.29 is 29.0 Å². The molecule has 42 heavy (non-hydrogen) atoms. The highest BCUT2D eigenvalue weighted by atomic mass is 32.1. The molecule has 4 heterocycles. The van der Waals surface area contributed by atoms with Gasteiger partial charge in [0.2, 0.25) is 0 Å². The van der Waals surface area contributed by atoms with Crippen LogP contribution in [0.25, 0.3) is 11.4 Å². The number of ketones is 1. The molecule has 1 atom stereocenters. The second-order valence-corrected chi connectivity index (χ2v) is 10.5. The van der Waals surface area contributed by atoms with E-state index in [0.717, 1.165) is 16.9 Å². The second-order valence-electron chi connectivity index (χ2n) is 9.57. The van der Waals surface area contributed by atoms with Crippen molar-refractivity contribution in [3.05, 3.63) is 107 Å². The van der Waals surface area contributed by atoms with Crippen molar-refractivity contribution in [2.45, 2.75) is 26.8 Å². The van der Waals surface area contributed by atoms with Gasteiger partial charge in [-0.25, -0.2) is 14.8 Å². The number of fused-ring (bicyclic) bond motifs is 1. The molecule has 3 aromatic heterocycles. The molecule has 1 aromatic carbocycles. The molecule has 0 bridgehead atoms. The van der Waals surface area contributed by atoms with Crippen molar-refractivity contribution in [3.63, 3.8) is 0 Å². The molecule has 0 spiro atoms. The lowest BCUT2D eigenvalue weighted by atomic mass is 9.96. The average Bonchev–Trinajstić information content (AvgIpc) is 3.62. The number of nitrogens with zero attached hydrogens (tertiary/aromatic N) is 4. The Morgan fingerprint density at radius 3 is 2.45 bits per heavy atom. The Balaban J connectivity index is 1.68. The van der Waals surface area contributed by atoms with Crippen molar-refractivity contribution >= 4 is 45.5 Å². The molecule has 1 unspecified atom stereocenters. The number of ether oxygens (including phenoxy) is 2. The Morgan fingerprint density at radius 2 is 1.79 bits per heavy atom. The van der Waals surface area contributed by atoms with Crippen LogP contribution < -0.4 is 9.64 Å². The molecular weight excluding hydrogens is 556 g/mol. The van der Waals surface area contributed by atoms with Crippen LogP contribution in [-0.2, 0) is 14.3 Å². The van der Waals surface area contributed by atoms with Crippen LogP contribution in [0.15, 0.2) is 73.5 Å². The van der Waals surface area contributed by atoms with Gasteiger partial charge >= 0.3 is 11.9 Å². The van der Waals surface area contributed by atoms with Gasteiger partial charge in [0.25, 0.3) is 5.78 Å². The summed E-state index contributed by atoms with van der Waals surface area (Å²) in [5.41, 5.74) is 2.98. The van der Waals surface area contributed by atoms with Gasteiger partial charge in [-0.1, -0.05) is 54.8 Å². The number of aliphatic hydroxyl groups excluding tert-OH is 1. The molecule has 1 aliphatic rings. The van der Waals surface area contributed by atoms with Gasteiger partial charge in [-0.2, -0.15) is 0 Å². The zero-order valence-corrected chi connectivity index (χ0v) is 24.1. The smallest absolute Gasteiger partial charge is 0.350 e. The number of aliphatic hydroxyl groups is 1. The third kappa shape index (κ3) is 4.88. The van der Waals surface area contributed by atoms with E-state index in [-0.39, 0.29) is 27.9 Å². The summed E-state index contributed by atoms with van der Waals surface area (Å²) in [6.45, 7) is 12.8. The minimum atomic E-state index is -1.06. The predicted molar refractivity (Wildman–Crippen MR) is 159 cm³/mol. The van der Waals surface area contributed by atoms with Gasteiger partial charge < -0.3 is 19.0 Å². The number of Topliss-reactive ketones (excluding diaryl/α,β-unsaturated/α-hetero) is 1. The zero-order valence-electron chi connectivity index (χ0n) is 23.3. The average molecular weight is 585 g/mol. The maximum absolute atomic E-state index is 13.7. The lowest BCUT2D eigenvalue weighted by Crippen LogP contribution is -2.29. The van der Waals surface area contributed by atoms with E-state index in [1.807, 2.05) is 29.7 Å². The number of anilines is 1. The van der Waals surface area contributed by atoms with Crippen LogP contribution in [0.3, 0.4) is 0 Å². The van der Waals surface area contributed by atoms with Gasteiger partial charge in [0.05, 0.1) is 23.0 Å². The monoisotopic (exact) mass is 584 g/mol. The number of benzene rings is 1. The van der Waals surface area contributed by atoms with Gasteiger partial charge in [0, 0.05) is 6.20 Å². The van der Waals surface area contributed by atoms with E-state index in [4.69, 9.17) is 9.47 Å². The van der Waals surface area contributed by atoms with Gasteiger partial charge in [-0.15, -0.1) is 0 Å². The zero-order chi connectivity index (χ0) is 30.1. The highest BCUT2D eigenvalue weighted by Gasteiger charge is 2.49. The number of pyridine rings is 1. The Morgan fingerprint density at radius 1 is 1.07 bits per heavy atom. The van der Waals surface area contributed by atoms with Crippen LogP contribution in [0, 0.1) is 20.8 Å². The van der Waals surface area contributed by atoms with E-state index < -0.39 is 29.5 Å². The molecule has 4 aromatic rings. The highest BCUT2D eigenvalue weighted by molar-refractivity contribution is 7.17. The fraction of sp³-hybridized carbons (Fsp3) is 0.194. The molecular formula is C31H28N4O6S. The summed E-state index contributed by atoms with van der Waals surface area (Å²) in [4.78, 5) is 50.4. The van der Waals surface area contributed by atoms with Crippen molar-refractivity contribution in [1.29, 1.82) is 0 Å². The SMILES string of the molecule is C=CCOC(=O)c1sc(N2C(=O)C(=O)C(=C(O)c3nc4c(C)cccn4c3C)C2c2ccc(OCC=C)cc2)nc1C. The highest BCUT2D eigenvalue weighted by Crippen LogP contribution is 2.44. The summed E-state index contributed by atoms with van der Waals surface area (Å²) >= 11 is 0.925. The van der Waals surface area contributed by atoms with Crippen molar-refractivity contribution in [2.24, 2.45) is 0 Å². The first-order valence-corrected chi connectivity index (χ1v) is 13.8. The molecule has 0 aliphatic carbocycles. The predicted octanol–water partition coefficient (Wildman–Crippen LogP) is 5.25.